The molecule has 0 saturated heterocycles. The van der Waals surface area contributed by atoms with E-state index in [1.165, 1.54) is 0 Å². The highest BCUT2D eigenvalue weighted by atomic mass is 32.1. The second kappa shape index (κ2) is 7.99. The lowest BCUT2D eigenvalue weighted by Crippen LogP contribution is -2.19. The molecule has 1 N–H and O–H groups in total. The van der Waals surface area contributed by atoms with Crippen LogP contribution >= 0.6 is 11.3 Å². The number of nitrogens with zero attached hydrogens (tertiary/aromatic N) is 1. The highest BCUT2D eigenvalue weighted by Crippen LogP contribution is 2.24. The van der Waals surface area contributed by atoms with Gasteiger partial charge in [0.15, 0.2) is 0 Å². The van der Waals surface area contributed by atoms with Gasteiger partial charge in [-0.05, 0) is 12.5 Å². The van der Waals surface area contributed by atoms with E-state index in [9.17, 15) is 0 Å². The van der Waals surface area contributed by atoms with Gasteiger partial charge in [-0.15, -0.1) is 11.3 Å². The second-order valence-electron chi connectivity index (χ2n) is 4.45. The molecular formula is C15H20N2O2S. The Bertz CT molecular complexity index is 515. The number of hydrogen-bond acceptors (Lipinski definition) is 5. The Hall–Kier alpha value is -1.43. The monoisotopic (exact) mass is 292 g/mol. The molecule has 0 radical (unpaired) electrons. The molecule has 1 aromatic heterocycles. The van der Waals surface area contributed by atoms with E-state index >= 15 is 0 Å². The summed E-state index contributed by atoms with van der Waals surface area (Å²) in [4.78, 5) is 4.24. The number of nitrogens with one attached hydrogen (secondary N) is 1. The van der Waals surface area contributed by atoms with Crippen LogP contribution in [0.1, 0.15) is 16.1 Å². The van der Waals surface area contributed by atoms with Crippen LogP contribution in [0.4, 0.5) is 0 Å². The van der Waals surface area contributed by atoms with Crippen LogP contribution in [-0.4, -0.2) is 25.2 Å². The smallest absolute Gasteiger partial charge is 0.140 e. The maximum Gasteiger partial charge on any atom is 0.140 e. The molecule has 108 valence electrons. The molecular weight excluding hydrogens is 272 g/mol. The lowest BCUT2D eigenvalue weighted by molar-refractivity contribution is 0.199. The standard InChI is InChI=1S/C15H20N2O2S/c1-12-4-3-5-13(10-16-6-8-18-2)15(12)19-11-14-17-7-9-20-14/h3-5,7,9,16H,6,8,10-11H2,1-2H3. The molecule has 0 bridgehead atoms. The summed E-state index contributed by atoms with van der Waals surface area (Å²) in [5.74, 6) is 0.951. The number of aromatic nitrogens is 1. The molecule has 2 aromatic rings. The highest BCUT2D eigenvalue weighted by Gasteiger charge is 2.07. The number of rotatable bonds is 8. The van der Waals surface area contributed by atoms with E-state index < -0.39 is 0 Å². The van der Waals surface area contributed by atoms with Gasteiger partial charge in [0.2, 0.25) is 0 Å². The number of benzene rings is 1. The fourth-order valence-electron chi connectivity index (χ4n) is 1.91. The van der Waals surface area contributed by atoms with Gasteiger partial charge in [-0.3, -0.25) is 0 Å². The number of para-hydroxylation sites is 1. The zero-order valence-corrected chi connectivity index (χ0v) is 12.7. The first-order valence-corrected chi connectivity index (χ1v) is 7.48. The summed E-state index contributed by atoms with van der Waals surface area (Å²) in [6, 6.07) is 6.21. The molecule has 0 amide bonds. The predicted octanol–water partition coefficient (Wildman–Crippen LogP) is 2.77. The van der Waals surface area contributed by atoms with Gasteiger partial charge in [-0.25, -0.2) is 4.98 Å². The van der Waals surface area contributed by atoms with E-state index in [2.05, 4.69) is 35.4 Å². The lowest BCUT2D eigenvalue weighted by Gasteiger charge is -2.14. The first kappa shape index (κ1) is 15.0. The van der Waals surface area contributed by atoms with E-state index in [-0.39, 0.29) is 0 Å². The van der Waals surface area contributed by atoms with Crippen molar-refractivity contribution in [1.29, 1.82) is 0 Å². The average molecular weight is 292 g/mol. The number of hydrogen-bond donors (Lipinski definition) is 1. The average Bonchev–Trinajstić information content (AvgIpc) is 2.96. The molecule has 0 aliphatic rings. The first-order valence-electron chi connectivity index (χ1n) is 6.60. The summed E-state index contributed by atoms with van der Waals surface area (Å²) in [5, 5.41) is 6.30. The van der Waals surface area contributed by atoms with Crippen LogP contribution < -0.4 is 10.1 Å². The molecule has 0 saturated carbocycles. The Morgan fingerprint density at radius 1 is 1.35 bits per heavy atom. The third-order valence-corrected chi connectivity index (χ3v) is 3.67. The first-order chi connectivity index (χ1) is 9.81. The van der Waals surface area contributed by atoms with Crippen molar-refractivity contribution < 1.29 is 9.47 Å². The van der Waals surface area contributed by atoms with Crippen LogP contribution in [0.2, 0.25) is 0 Å². The van der Waals surface area contributed by atoms with Crippen molar-refractivity contribution in [1.82, 2.24) is 10.3 Å². The minimum absolute atomic E-state index is 0.521. The fourth-order valence-corrected chi connectivity index (χ4v) is 2.44. The zero-order chi connectivity index (χ0) is 14.2. The van der Waals surface area contributed by atoms with Gasteiger partial charge in [0.1, 0.15) is 17.4 Å². The summed E-state index contributed by atoms with van der Waals surface area (Å²) in [5.41, 5.74) is 2.31. The molecule has 0 atom stereocenters. The fraction of sp³-hybridized carbons (Fsp3) is 0.400. The van der Waals surface area contributed by atoms with Crippen LogP contribution in [-0.2, 0) is 17.9 Å². The minimum atomic E-state index is 0.521. The van der Waals surface area contributed by atoms with Crippen molar-refractivity contribution in [3.8, 4) is 5.75 Å². The van der Waals surface area contributed by atoms with Gasteiger partial charge in [0, 0.05) is 37.3 Å². The topological polar surface area (TPSA) is 43.4 Å². The summed E-state index contributed by atoms with van der Waals surface area (Å²) >= 11 is 1.61. The number of ether oxygens (including phenoxy) is 2. The van der Waals surface area contributed by atoms with Gasteiger partial charge in [-0.1, -0.05) is 18.2 Å². The Kier molecular flexibility index (Phi) is 5.98. The van der Waals surface area contributed by atoms with Crippen LogP contribution in [0.25, 0.3) is 0 Å². The van der Waals surface area contributed by atoms with Crippen molar-refractivity contribution in [2.75, 3.05) is 20.3 Å². The molecule has 20 heavy (non-hydrogen) atoms. The van der Waals surface area contributed by atoms with Crippen LogP contribution in [0.3, 0.4) is 0 Å². The van der Waals surface area contributed by atoms with Crippen molar-refractivity contribution in [3.63, 3.8) is 0 Å². The maximum atomic E-state index is 5.95. The Labute approximate surface area is 123 Å². The number of aryl methyl sites for hydroxylation is 1. The van der Waals surface area contributed by atoms with Crippen LogP contribution in [0, 0.1) is 6.92 Å². The Balaban J connectivity index is 1.98. The van der Waals surface area contributed by atoms with Crippen molar-refractivity contribution >= 4 is 11.3 Å². The van der Waals surface area contributed by atoms with Crippen LogP contribution in [0.5, 0.6) is 5.75 Å². The molecule has 0 unspecified atom stereocenters. The Morgan fingerprint density at radius 2 is 2.25 bits per heavy atom. The van der Waals surface area contributed by atoms with Gasteiger partial charge in [0.25, 0.3) is 0 Å². The van der Waals surface area contributed by atoms with E-state index in [4.69, 9.17) is 9.47 Å². The molecule has 2 rings (SSSR count). The molecule has 1 heterocycles. The van der Waals surface area contributed by atoms with Gasteiger partial charge < -0.3 is 14.8 Å². The predicted molar refractivity (Wildman–Crippen MR) is 81.2 cm³/mol. The van der Waals surface area contributed by atoms with Crippen molar-refractivity contribution in [2.45, 2.75) is 20.1 Å². The summed E-state index contributed by atoms with van der Waals surface area (Å²) in [6.07, 6.45) is 1.80. The quantitative estimate of drug-likeness (QED) is 0.760. The van der Waals surface area contributed by atoms with Crippen molar-refractivity contribution in [3.05, 3.63) is 45.9 Å². The summed E-state index contributed by atoms with van der Waals surface area (Å²) in [6.45, 7) is 4.90. The minimum Gasteiger partial charge on any atom is -0.486 e. The number of methoxy groups -OCH3 is 1. The normalized spacial score (nSPS) is 10.7. The molecule has 0 aliphatic heterocycles. The second-order valence-corrected chi connectivity index (χ2v) is 5.43. The summed E-state index contributed by atoms with van der Waals surface area (Å²) < 4.78 is 11.0. The number of thiazole rings is 1. The third kappa shape index (κ3) is 4.30. The van der Waals surface area contributed by atoms with E-state index in [0.717, 1.165) is 35.0 Å². The largest absolute Gasteiger partial charge is 0.486 e. The van der Waals surface area contributed by atoms with Crippen LogP contribution in [0.15, 0.2) is 29.8 Å². The van der Waals surface area contributed by atoms with Crippen molar-refractivity contribution in [2.24, 2.45) is 0 Å². The van der Waals surface area contributed by atoms with Gasteiger partial charge in [0.05, 0.1) is 6.61 Å². The molecule has 1 aromatic carbocycles. The maximum absolute atomic E-state index is 5.95. The molecule has 0 fully saturated rings. The molecule has 5 heteroatoms. The lowest BCUT2D eigenvalue weighted by atomic mass is 10.1. The van der Waals surface area contributed by atoms with Gasteiger partial charge >= 0.3 is 0 Å². The zero-order valence-electron chi connectivity index (χ0n) is 11.9. The van der Waals surface area contributed by atoms with E-state index in [0.29, 0.717) is 13.2 Å². The van der Waals surface area contributed by atoms with E-state index in [1.807, 2.05) is 5.38 Å². The van der Waals surface area contributed by atoms with Gasteiger partial charge in [-0.2, -0.15) is 0 Å². The molecule has 0 spiro atoms. The Morgan fingerprint density at radius 3 is 3.00 bits per heavy atom. The molecule has 4 nitrogen and oxygen atoms in total. The third-order valence-electron chi connectivity index (χ3n) is 2.92. The highest BCUT2D eigenvalue weighted by molar-refractivity contribution is 7.09. The summed E-state index contributed by atoms with van der Waals surface area (Å²) in [7, 11) is 1.71. The van der Waals surface area contributed by atoms with E-state index in [1.54, 1.807) is 24.6 Å². The SMILES string of the molecule is COCCNCc1cccc(C)c1OCc1nccs1. The molecule has 0 aliphatic carbocycles.